The van der Waals surface area contributed by atoms with Gasteiger partial charge < -0.3 is 24.8 Å². The van der Waals surface area contributed by atoms with Crippen molar-refractivity contribution in [3.8, 4) is 0 Å². The molecule has 4 heterocycles. The highest BCUT2D eigenvalue weighted by Gasteiger charge is 2.48. The van der Waals surface area contributed by atoms with Gasteiger partial charge >= 0.3 is 0 Å². The summed E-state index contributed by atoms with van der Waals surface area (Å²) < 4.78 is 3.74. The van der Waals surface area contributed by atoms with Crippen LogP contribution in [-0.4, -0.2) is 87.4 Å². The van der Waals surface area contributed by atoms with Crippen molar-refractivity contribution >= 4 is 16.9 Å². The van der Waals surface area contributed by atoms with Gasteiger partial charge in [-0.1, -0.05) is 30.3 Å². The van der Waals surface area contributed by atoms with E-state index in [0.717, 1.165) is 37.1 Å². The Kier molecular flexibility index (Phi) is 7.46. The Balaban J connectivity index is 1.23. The van der Waals surface area contributed by atoms with Crippen molar-refractivity contribution in [1.82, 2.24) is 29.2 Å². The average Bonchev–Trinajstić information content (AvgIpc) is 3.33. The van der Waals surface area contributed by atoms with Crippen molar-refractivity contribution in [2.75, 3.05) is 46.8 Å². The molecule has 9 nitrogen and oxygen atoms in total. The number of nitrogens with zero attached hydrogens (tertiary/aromatic N) is 5. The molecule has 3 aromatic rings. The van der Waals surface area contributed by atoms with E-state index >= 15 is 0 Å². The van der Waals surface area contributed by atoms with Gasteiger partial charge in [0.25, 0.3) is 11.5 Å². The van der Waals surface area contributed by atoms with Crippen molar-refractivity contribution in [2.45, 2.75) is 43.9 Å². The number of likely N-dealkylation sites (N-methyl/N-ethyl adjacent to an activating group) is 1. The number of piperidine rings is 2. The van der Waals surface area contributed by atoms with Gasteiger partial charge in [0.05, 0.1) is 11.7 Å². The number of benzene rings is 1. The summed E-state index contributed by atoms with van der Waals surface area (Å²) in [5.41, 5.74) is 0.303. The van der Waals surface area contributed by atoms with Crippen LogP contribution in [0.2, 0.25) is 0 Å². The van der Waals surface area contributed by atoms with Gasteiger partial charge in [0.2, 0.25) is 0 Å². The average molecular weight is 507 g/mol. The third-order valence-electron chi connectivity index (χ3n) is 8.07. The molecule has 2 aliphatic rings. The maximum absolute atomic E-state index is 13.6. The van der Waals surface area contributed by atoms with E-state index in [1.54, 1.807) is 10.9 Å². The molecule has 2 saturated heterocycles. The maximum atomic E-state index is 13.6. The number of likely N-dealkylation sites (tertiary alicyclic amines) is 1. The fourth-order valence-electron chi connectivity index (χ4n) is 5.80. The Hall–Kier alpha value is -3.01. The summed E-state index contributed by atoms with van der Waals surface area (Å²) in [5, 5.41) is 15.6. The molecule has 2 fully saturated rings. The summed E-state index contributed by atoms with van der Waals surface area (Å²) in [6, 6.07) is 11.7. The Bertz CT molecular complexity index is 1280. The molecule has 1 amide bonds. The first-order valence-corrected chi connectivity index (χ1v) is 13.3. The van der Waals surface area contributed by atoms with E-state index in [4.69, 9.17) is 0 Å². The van der Waals surface area contributed by atoms with Gasteiger partial charge in [0, 0.05) is 51.4 Å². The number of hydrogen-bond donors (Lipinski definition) is 2. The monoisotopic (exact) mass is 506 g/mol. The Morgan fingerprint density at radius 1 is 1.16 bits per heavy atom. The molecular formula is C28H38N6O3. The number of hydrogen-bond acceptors (Lipinski definition) is 6. The Labute approximate surface area is 217 Å². The minimum atomic E-state index is -1.40. The van der Waals surface area contributed by atoms with Crippen LogP contribution in [0.1, 0.15) is 30.7 Å². The van der Waals surface area contributed by atoms with E-state index in [0.29, 0.717) is 44.5 Å². The third-order valence-corrected chi connectivity index (χ3v) is 8.07. The highest BCUT2D eigenvalue weighted by molar-refractivity contribution is 5.86. The molecular weight excluding hydrogens is 468 g/mol. The summed E-state index contributed by atoms with van der Waals surface area (Å²) in [4.78, 5) is 35.3. The van der Waals surface area contributed by atoms with Crippen molar-refractivity contribution in [3.05, 3.63) is 64.8 Å². The fourth-order valence-corrected chi connectivity index (χ4v) is 5.80. The normalized spacial score (nSPS) is 23.1. The van der Waals surface area contributed by atoms with Crippen molar-refractivity contribution in [2.24, 2.45) is 5.92 Å². The zero-order chi connectivity index (χ0) is 26.0. The second kappa shape index (κ2) is 10.8. The van der Waals surface area contributed by atoms with Crippen molar-refractivity contribution < 1.29 is 9.90 Å². The highest BCUT2D eigenvalue weighted by atomic mass is 16.3. The molecule has 0 radical (unpaired) electrons. The van der Waals surface area contributed by atoms with Crippen LogP contribution < -0.4 is 10.9 Å². The minimum Gasteiger partial charge on any atom is -0.379 e. The van der Waals surface area contributed by atoms with Crippen LogP contribution in [0.3, 0.4) is 0 Å². The molecule has 37 heavy (non-hydrogen) atoms. The SMILES string of the molecule is CN(C)CCn1ccc2c(=O)n(CC3CCN(C(=O)[C@@]4(O)CCNC[C@H]4c4ccccc4)CC3)cnc21. The second-order valence-corrected chi connectivity index (χ2v) is 10.8. The number of amides is 1. The minimum absolute atomic E-state index is 0.0122. The maximum Gasteiger partial charge on any atom is 0.262 e. The van der Waals surface area contributed by atoms with Crippen LogP contribution in [0, 0.1) is 5.92 Å². The molecule has 0 aliphatic carbocycles. The van der Waals surface area contributed by atoms with E-state index in [9.17, 15) is 14.7 Å². The van der Waals surface area contributed by atoms with Crippen LogP contribution in [0.25, 0.3) is 11.0 Å². The smallest absolute Gasteiger partial charge is 0.262 e. The molecule has 1 aromatic carbocycles. The number of aliphatic hydroxyl groups is 1. The first kappa shape index (κ1) is 25.6. The molecule has 2 N–H and O–H groups in total. The molecule has 2 aromatic heterocycles. The van der Waals surface area contributed by atoms with Crippen molar-refractivity contribution in [3.63, 3.8) is 0 Å². The summed E-state index contributed by atoms with van der Waals surface area (Å²) in [5.74, 6) is -0.154. The van der Waals surface area contributed by atoms with Crippen molar-refractivity contribution in [1.29, 1.82) is 0 Å². The summed E-state index contributed by atoms with van der Waals surface area (Å²) >= 11 is 0. The largest absolute Gasteiger partial charge is 0.379 e. The van der Waals surface area contributed by atoms with Gasteiger partial charge in [0.15, 0.2) is 5.60 Å². The number of aromatic nitrogens is 3. The topological polar surface area (TPSA) is 95.6 Å². The second-order valence-electron chi connectivity index (χ2n) is 10.8. The molecule has 2 aliphatic heterocycles. The lowest BCUT2D eigenvalue weighted by Crippen LogP contribution is -2.59. The van der Waals surface area contributed by atoms with E-state index in [2.05, 4.69) is 15.2 Å². The zero-order valence-corrected chi connectivity index (χ0v) is 21.8. The molecule has 198 valence electrons. The Morgan fingerprint density at radius 3 is 2.65 bits per heavy atom. The van der Waals surface area contributed by atoms with Gasteiger partial charge in [-0.05, 0) is 57.5 Å². The molecule has 9 heteroatoms. The molecule has 2 atom stereocenters. The lowest BCUT2D eigenvalue weighted by molar-refractivity contribution is -0.158. The molecule has 5 rings (SSSR count). The molecule has 0 spiro atoms. The standard InChI is InChI=1S/C28H38N6O3/c1-31(2)16-17-32-15-10-23-25(32)30-20-34(26(23)35)19-21-8-13-33(14-9-21)27(36)28(37)11-12-29-18-24(28)22-6-4-3-5-7-22/h3-7,10,15,20-21,24,29,37H,8-9,11-14,16-19H2,1-2H3/t24-,28+/m0/s1. The van der Waals surface area contributed by atoms with E-state index < -0.39 is 5.60 Å². The van der Waals surface area contributed by atoms with E-state index in [1.807, 2.05) is 66.2 Å². The predicted octanol–water partition coefficient (Wildman–Crippen LogP) is 1.51. The van der Waals surface area contributed by atoms with Gasteiger partial charge in [0.1, 0.15) is 5.65 Å². The number of carbonyl (C=O) groups excluding carboxylic acids is 1. The van der Waals surface area contributed by atoms with E-state index in [-0.39, 0.29) is 23.3 Å². The molecule has 0 unspecified atom stereocenters. The molecule has 0 saturated carbocycles. The number of carbonyl (C=O) groups is 1. The first-order chi connectivity index (χ1) is 17.9. The number of fused-ring (bicyclic) bond motifs is 1. The zero-order valence-electron chi connectivity index (χ0n) is 21.8. The Morgan fingerprint density at radius 2 is 1.92 bits per heavy atom. The highest BCUT2D eigenvalue weighted by Crippen LogP contribution is 2.36. The fraction of sp³-hybridized carbons (Fsp3) is 0.536. The predicted molar refractivity (Wildman–Crippen MR) is 143 cm³/mol. The number of nitrogens with one attached hydrogen (secondary N) is 1. The van der Waals surface area contributed by atoms with Crippen LogP contribution in [-0.2, 0) is 17.9 Å². The molecule has 0 bridgehead atoms. The lowest BCUT2D eigenvalue weighted by Gasteiger charge is -2.43. The quantitative estimate of drug-likeness (QED) is 0.505. The van der Waals surface area contributed by atoms with Crippen LogP contribution >= 0.6 is 0 Å². The van der Waals surface area contributed by atoms with Crippen LogP contribution in [0.15, 0.2) is 53.7 Å². The van der Waals surface area contributed by atoms with Gasteiger partial charge in [-0.15, -0.1) is 0 Å². The summed E-state index contributed by atoms with van der Waals surface area (Å²) in [6.45, 7) is 4.64. The van der Waals surface area contributed by atoms with Gasteiger partial charge in [-0.25, -0.2) is 4.98 Å². The van der Waals surface area contributed by atoms with Crippen LogP contribution in [0.5, 0.6) is 0 Å². The lowest BCUT2D eigenvalue weighted by atomic mass is 9.76. The third kappa shape index (κ3) is 5.21. The first-order valence-electron chi connectivity index (χ1n) is 13.3. The van der Waals surface area contributed by atoms with E-state index in [1.165, 1.54) is 0 Å². The van der Waals surface area contributed by atoms with Gasteiger partial charge in [-0.3, -0.25) is 14.2 Å². The van der Waals surface area contributed by atoms with Gasteiger partial charge in [-0.2, -0.15) is 0 Å². The summed E-state index contributed by atoms with van der Waals surface area (Å²) in [6.07, 6.45) is 5.59. The number of rotatable bonds is 7. The summed E-state index contributed by atoms with van der Waals surface area (Å²) in [7, 11) is 4.05. The van der Waals surface area contributed by atoms with Crippen LogP contribution in [0.4, 0.5) is 0 Å².